The lowest BCUT2D eigenvalue weighted by Gasteiger charge is -2.39. The molecule has 0 unspecified atom stereocenters. The molecule has 1 aromatic heterocycles. The van der Waals surface area contributed by atoms with E-state index in [0.29, 0.717) is 5.41 Å². The van der Waals surface area contributed by atoms with Gasteiger partial charge in [0.05, 0.1) is 5.75 Å². The second-order valence-corrected chi connectivity index (χ2v) is 8.72. The number of nitrogens with two attached hydrogens (primary N) is 1. The summed E-state index contributed by atoms with van der Waals surface area (Å²) in [6, 6.07) is 0. The van der Waals surface area contributed by atoms with Gasteiger partial charge < -0.3 is 10.6 Å². The van der Waals surface area contributed by atoms with Crippen LogP contribution in [-0.2, 0) is 9.84 Å². The third kappa shape index (κ3) is 2.79. The van der Waals surface area contributed by atoms with Gasteiger partial charge in [-0.1, -0.05) is 27.2 Å². The van der Waals surface area contributed by atoms with Crippen molar-refractivity contribution in [3.05, 3.63) is 0 Å². The van der Waals surface area contributed by atoms with Crippen LogP contribution >= 0.6 is 11.5 Å². The summed E-state index contributed by atoms with van der Waals surface area (Å²) >= 11 is 1.20. The molecule has 1 aliphatic rings. The molecule has 0 aliphatic carbocycles. The quantitative estimate of drug-likeness (QED) is 0.923. The van der Waals surface area contributed by atoms with E-state index in [1.807, 2.05) is 0 Å². The van der Waals surface area contributed by atoms with Gasteiger partial charge in [0, 0.05) is 13.1 Å². The highest BCUT2D eigenvalue weighted by atomic mass is 32.2. The van der Waals surface area contributed by atoms with Crippen LogP contribution in [0, 0.1) is 5.41 Å². The van der Waals surface area contributed by atoms with Crippen molar-refractivity contribution in [2.24, 2.45) is 5.41 Å². The lowest BCUT2D eigenvalue weighted by atomic mass is 9.78. The third-order valence-corrected chi connectivity index (χ3v) is 7.30. The van der Waals surface area contributed by atoms with E-state index in [4.69, 9.17) is 5.73 Å². The Bertz CT molecular complexity index is 572. The topological polar surface area (TPSA) is 76.3 Å². The summed E-state index contributed by atoms with van der Waals surface area (Å²) in [4.78, 5) is 2.37. The van der Waals surface area contributed by atoms with E-state index in [2.05, 4.69) is 23.1 Å². The molecular weight excluding hydrogens is 294 g/mol. The van der Waals surface area contributed by atoms with E-state index in [-0.39, 0.29) is 16.5 Å². The number of piperidine rings is 1. The summed E-state index contributed by atoms with van der Waals surface area (Å²) < 4.78 is 28.4. The number of hydrogen-bond acceptors (Lipinski definition) is 6. The largest absolute Gasteiger partial charge is 0.382 e. The monoisotopic (exact) mass is 317 g/mol. The number of sulfone groups is 1. The molecule has 0 spiro atoms. The molecule has 2 heterocycles. The first-order valence-electron chi connectivity index (χ1n) is 7.06. The normalized spacial score (nSPS) is 19.2. The van der Waals surface area contributed by atoms with Crippen molar-refractivity contribution in [1.82, 2.24) is 4.37 Å². The number of hydrogen-bond donors (Lipinski definition) is 1. The van der Waals surface area contributed by atoms with Crippen LogP contribution in [0.5, 0.6) is 0 Å². The Morgan fingerprint density at radius 1 is 1.35 bits per heavy atom. The van der Waals surface area contributed by atoms with Gasteiger partial charge in [0.2, 0.25) is 0 Å². The first-order chi connectivity index (χ1) is 9.33. The van der Waals surface area contributed by atoms with Gasteiger partial charge in [-0.05, 0) is 29.8 Å². The van der Waals surface area contributed by atoms with Gasteiger partial charge in [-0.15, -0.1) is 0 Å². The van der Waals surface area contributed by atoms with Gasteiger partial charge in [-0.25, -0.2) is 8.42 Å². The Kier molecular flexibility index (Phi) is 4.30. The van der Waals surface area contributed by atoms with Crippen LogP contribution in [0.4, 0.5) is 10.8 Å². The Morgan fingerprint density at radius 3 is 2.45 bits per heavy atom. The van der Waals surface area contributed by atoms with E-state index in [1.54, 1.807) is 6.92 Å². The number of aromatic nitrogens is 1. The van der Waals surface area contributed by atoms with E-state index in [0.717, 1.165) is 37.4 Å². The minimum atomic E-state index is -3.32. The summed E-state index contributed by atoms with van der Waals surface area (Å²) in [7, 11) is -3.32. The van der Waals surface area contributed by atoms with Crippen LogP contribution in [0.1, 0.15) is 40.0 Å². The van der Waals surface area contributed by atoms with Crippen molar-refractivity contribution in [2.45, 2.75) is 44.9 Å². The van der Waals surface area contributed by atoms with Gasteiger partial charge in [-0.3, -0.25) is 0 Å². The van der Waals surface area contributed by atoms with Crippen molar-refractivity contribution < 1.29 is 8.42 Å². The number of nitrogen functional groups attached to an aromatic ring is 1. The smallest absolute Gasteiger partial charge is 0.184 e. The summed E-state index contributed by atoms with van der Waals surface area (Å²) in [5, 5.41) is 0.725. The van der Waals surface area contributed by atoms with Gasteiger partial charge >= 0.3 is 0 Å². The predicted molar refractivity (Wildman–Crippen MR) is 84.1 cm³/mol. The highest BCUT2D eigenvalue weighted by Crippen LogP contribution is 2.40. The Hall–Kier alpha value is -0.820. The van der Waals surface area contributed by atoms with E-state index >= 15 is 0 Å². The Labute approximate surface area is 125 Å². The van der Waals surface area contributed by atoms with E-state index in [9.17, 15) is 8.42 Å². The zero-order chi connectivity index (χ0) is 15.0. The number of rotatable bonds is 4. The molecule has 1 saturated heterocycles. The van der Waals surface area contributed by atoms with Crippen molar-refractivity contribution in [1.29, 1.82) is 0 Å². The Morgan fingerprint density at radius 2 is 1.95 bits per heavy atom. The molecule has 1 aliphatic heterocycles. The highest BCUT2D eigenvalue weighted by Gasteiger charge is 2.33. The van der Waals surface area contributed by atoms with Crippen LogP contribution in [-0.4, -0.2) is 31.6 Å². The van der Waals surface area contributed by atoms with Crippen LogP contribution in [0.25, 0.3) is 0 Å². The Balaban J connectivity index is 2.28. The molecule has 114 valence electrons. The average molecular weight is 317 g/mol. The minimum absolute atomic E-state index is 0.0587. The first kappa shape index (κ1) is 15.6. The lowest BCUT2D eigenvalue weighted by molar-refractivity contribution is 0.238. The van der Waals surface area contributed by atoms with Gasteiger partial charge in [0.25, 0.3) is 0 Å². The second-order valence-electron chi connectivity index (χ2n) is 5.76. The fourth-order valence-electron chi connectivity index (χ4n) is 2.53. The summed E-state index contributed by atoms with van der Waals surface area (Å²) in [6.45, 7) is 7.90. The van der Waals surface area contributed by atoms with Crippen LogP contribution in [0.2, 0.25) is 0 Å². The first-order valence-corrected chi connectivity index (χ1v) is 9.48. The molecule has 0 saturated carbocycles. The molecule has 0 atom stereocenters. The molecule has 0 radical (unpaired) electrons. The van der Waals surface area contributed by atoms with Crippen LogP contribution < -0.4 is 10.6 Å². The number of anilines is 2. The molecule has 1 fully saturated rings. The molecule has 0 bridgehead atoms. The summed E-state index contributed by atoms with van der Waals surface area (Å²) in [5.74, 6) is 0.207. The highest BCUT2D eigenvalue weighted by molar-refractivity contribution is 7.91. The van der Waals surface area contributed by atoms with E-state index < -0.39 is 9.84 Å². The van der Waals surface area contributed by atoms with Gasteiger partial charge in [-0.2, -0.15) is 4.37 Å². The SMILES string of the molecule is CCC1(C)CCN(c2snc(N)c2S(=O)(=O)CC)CC1. The zero-order valence-electron chi connectivity index (χ0n) is 12.3. The van der Waals surface area contributed by atoms with E-state index in [1.165, 1.54) is 11.5 Å². The van der Waals surface area contributed by atoms with Crippen LogP contribution in [0.15, 0.2) is 4.90 Å². The second kappa shape index (κ2) is 5.52. The maximum absolute atomic E-state index is 12.2. The van der Waals surface area contributed by atoms with Crippen molar-refractivity contribution >= 4 is 32.2 Å². The van der Waals surface area contributed by atoms with Crippen LogP contribution in [0.3, 0.4) is 0 Å². The van der Waals surface area contributed by atoms with Crippen molar-refractivity contribution in [3.8, 4) is 0 Å². The molecule has 5 nitrogen and oxygen atoms in total. The summed E-state index contributed by atoms with van der Waals surface area (Å²) in [5.41, 5.74) is 6.15. The molecular formula is C13H23N3O2S2. The fraction of sp³-hybridized carbons (Fsp3) is 0.769. The van der Waals surface area contributed by atoms with Crippen molar-refractivity contribution in [2.75, 3.05) is 29.5 Å². The molecule has 2 rings (SSSR count). The maximum Gasteiger partial charge on any atom is 0.184 e. The third-order valence-electron chi connectivity index (χ3n) is 4.46. The molecule has 20 heavy (non-hydrogen) atoms. The lowest BCUT2D eigenvalue weighted by Crippen LogP contribution is -2.38. The predicted octanol–water partition coefficient (Wildman–Crippen LogP) is 2.54. The van der Waals surface area contributed by atoms with Gasteiger partial charge in [0.15, 0.2) is 15.7 Å². The zero-order valence-corrected chi connectivity index (χ0v) is 14.0. The molecule has 2 N–H and O–H groups in total. The standard InChI is InChI=1S/C13H23N3O2S2/c1-4-13(3)6-8-16(9-7-13)12-10(11(14)15-19-12)20(17,18)5-2/h4-9H2,1-3H3,(H2,14,15). The van der Waals surface area contributed by atoms with Gasteiger partial charge in [0.1, 0.15) is 9.90 Å². The number of nitrogens with zero attached hydrogens (tertiary/aromatic N) is 2. The molecule has 7 heteroatoms. The molecule has 1 aromatic rings. The average Bonchev–Trinajstić information content (AvgIpc) is 2.82. The minimum Gasteiger partial charge on any atom is -0.382 e. The maximum atomic E-state index is 12.2. The molecule has 0 amide bonds. The summed E-state index contributed by atoms with van der Waals surface area (Å²) in [6.07, 6.45) is 3.31. The fourth-order valence-corrected chi connectivity index (χ4v) is 4.89. The van der Waals surface area contributed by atoms with Crippen molar-refractivity contribution in [3.63, 3.8) is 0 Å². The molecule has 0 aromatic carbocycles.